The van der Waals surface area contributed by atoms with Crippen molar-refractivity contribution in [3.63, 3.8) is 0 Å². The Morgan fingerprint density at radius 1 is 1.38 bits per heavy atom. The minimum Gasteiger partial charge on any atom is -0.480 e. The van der Waals surface area contributed by atoms with E-state index >= 15 is 0 Å². The van der Waals surface area contributed by atoms with E-state index in [1.165, 1.54) is 0 Å². The van der Waals surface area contributed by atoms with E-state index in [1.807, 2.05) is 0 Å². The molecule has 21 heavy (non-hydrogen) atoms. The molecule has 1 aliphatic rings. The second-order valence-corrected chi connectivity index (χ2v) is 7.14. The largest absolute Gasteiger partial charge is 0.480 e. The molecule has 2 atom stereocenters. The molecule has 0 saturated carbocycles. The Morgan fingerprint density at radius 3 is 2.57 bits per heavy atom. The fourth-order valence-corrected chi connectivity index (χ4v) is 4.46. The molecule has 0 bridgehead atoms. The number of benzene rings is 1. The van der Waals surface area contributed by atoms with Crippen molar-refractivity contribution in [1.29, 1.82) is 0 Å². The number of aliphatic carboxylic acids is 1. The Bertz CT molecular complexity index is 696. The monoisotopic (exact) mass is 357 g/mol. The Kier molecular flexibility index (Phi) is 4.46. The maximum atomic E-state index is 13.6. The second kappa shape index (κ2) is 5.69. The molecule has 2 N–H and O–H groups in total. The standard InChI is InChI=1S/C11H10Cl2FNO5S/c12-6-1-2-8(9(13)10(6)14)21(19,20)15-4-5(16)3-7(15)11(17)18/h1-2,5,7,16H,3-4H2,(H,17,18)/t5-,7-/m1/s1. The average Bonchev–Trinajstić information content (AvgIpc) is 2.79. The minimum absolute atomic E-state index is 0.248. The van der Waals surface area contributed by atoms with Crippen LogP contribution in [0, 0.1) is 5.82 Å². The Labute approximate surface area is 129 Å². The Balaban J connectivity index is 2.52. The third kappa shape index (κ3) is 2.86. The number of aliphatic hydroxyl groups excluding tert-OH is 1. The van der Waals surface area contributed by atoms with Gasteiger partial charge in [0.15, 0.2) is 5.82 Å². The van der Waals surface area contributed by atoms with Crippen LogP contribution in [0.2, 0.25) is 10.0 Å². The third-order valence-electron chi connectivity index (χ3n) is 3.11. The van der Waals surface area contributed by atoms with Crippen molar-refractivity contribution in [3.8, 4) is 0 Å². The van der Waals surface area contributed by atoms with E-state index in [2.05, 4.69) is 0 Å². The molecule has 10 heteroatoms. The molecule has 0 aromatic heterocycles. The number of halogens is 3. The maximum absolute atomic E-state index is 13.6. The summed E-state index contributed by atoms with van der Waals surface area (Å²) in [5, 5.41) is 17.5. The first-order valence-corrected chi connectivity index (χ1v) is 7.92. The summed E-state index contributed by atoms with van der Waals surface area (Å²) in [6, 6.07) is 0.574. The quantitative estimate of drug-likeness (QED) is 0.796. The van der Waals surface area contributed by atoms with Crippen molar-refractivity contribution in [2.24, 2.45) is 0 Å². The number of hydrogen-bond donors (Lipinski definition) is 2. The molecule has 0 radical (unpaired) electrons. The first kappa shape index (κ1) is 16.4. The molecular formula is C11H10Cl2FNO5S. The molecule has 0 amide bonds. The molecule has 0 aliphatic carbocycles. The summed E-state index contributed by atoms with van der Waals surface area (Å²) in [4.78, 5) is 10.5. The van der Waals surface area contributed by atoms with Gasteiger partial charge in [0.05, 0.1) is 16.1 Å². The summed E-state index contributed by atoms with van der Waals surface area (Å²) in [6.07, 6.45) is -1.36. The van der Waals surface area contributed by atoms with Crippen LogP contribution in [0.1, 0.15) is 6.42 Å². The van der Waals surface area contributed by atoms with Crippen molar-refractivity contribution >= 4 is 39.2 Å². The number of aliphatic hydroxyl groups is 1. The van der Waals surface area contributed by atoms with E-state index in [9.17, 15) is 22.7 Å². The minimum atomic E-state index is -4.37. The highest BCUT2D eigenvalue weighted by atomic mass is 35.5. The van der Waals surface area contributed by atoms with E-state index in [4.69, 9.17) is 28.3 Å². The predicted molar refractivity (Wildman–Crippen MR) is 72.4 cm³/mol. The Hall–Kier alpha value is -0.930. The van der Waals surface area contributed by atoms with Gasteiger partial charge in [0, 0.05) is 13.0 Å². The van der Waals surface area contributed by atoms with Gasteiger partial charge in [0.25, 0.3) is 0 Å². The number of carboxylic acids is 1. The third-order valence-corrected chi connectivity index (χ3v) is 5.80. The molecule has 1 saturated heterocycles. The average molecular weight is 358 g/mol. The van der Waals surface area contributed by atoms with Gasteiger partial charge in [0.2, 0.25) is 10.0 Å². The summed E-state index contributed by atoms with van der Waals surface area (Å²) in [5.74, 6) is -2.51. The number of carbonyl (C=O) groups is 1. The van der Waals surface area contributed by atoms with Gasteiger partial charge in [-0.3, -0.25) is 4.79 Å². The normalized spacial score (nSPS) is 23.4. The fraction of sp³-hybridized carbons (Fsp3) is 0.364. The van der Waals surface area contributed by atoms with Gasteiger partial charge < -0.3 is 10.2 Å². The maximum Gasteiger partial charge on any atom is 0.322 e. The van der Waals surface area contributed by atoms with Crippen LogP contribution in [0.3, 0.4) is 0 Å². The van der Waals surface area contributed by atoms with Crippen molar-refractivity contribution in [3.05, 3.63) is 28.0 Å². The van der Waals surface area contributed by atoms with Crippen LogP contribution in [0.25, 0.3) is 0 Å². The fourth-order valence-electron chi connectivity index (χ4n) is 2.11. The number of hydrogen-bond acceptors (Lipinski definition) is 4. The zero-order valence-electron chi connectivity index (χ0n) is 10.3. The summed E-state index contributed by atoms with van der Waals surface area (Å²) >= 11 is 11.1. The molecule has 1 aromatic carbocycles. The Morgan fingerprint density at radius 2 is 2.00 bits per heavy atom. The molecule has 1 aromatic rings. The zero-order valence-corrected chi connectivity index (χ0v) is 12.7. The number of nitrogens with zero attached hydrogens (tertiary/aromatic N) is 1. The van der Waals surface area contributed by atoms with Gasteiger partial charge in [-0.1, -0.05) is 23.2 Å². The van der Waals surface area contributed by atoms with Gasteiger partial charge in [-0.15, -0.1) is 0 Å². The molecular weight excluding hydrogens is 348 g/mol. The lowest BCUT2D eigenvalue weighted by Crippen LogP contribution is -2.40. The van der Waals surface area contributed by atoms with Gasteiger partial charge in [-0.25, -0.2) is 12.8 Å². The van der Waals surface area contributed by atoms with Crippen molar-refractivity contribution in [2.75, 3.05) is 6.54 Å². The predicted octanol–water partition coefficient (Wildman–Crippen LogP) is 1.34. The summed E-state index contributed by atoms with van der Waals surface area (Å²) < 4.78 is 39.1. The zero-order chi connectivity index (χ0) is 15.9. The smallest absolute Gasteiger partial charge is 0.322 e. The van der Waals surface area contributed by atoms with Crippen LogP contribution in [-0.4, -0.2) is 47.6 Å². The van der Waals surface area contributed by atoms with Crippen LogP contribution in [0.4, 0.5) is 4.39 Å². The van der Waals surface area contributed by atoms with Crippen LogP contribution in [0.15, 0.2) is 17.0 Å². The number of sulfonamides is 1. The number of β-amino-alcohol motifs (C(OH)–C–C–N with tert-alkyl or cyclic N) is 1. The first-order chi connectivity index (χ1) is 9.66. The van der Waals surface area contributed by atoms with Crippen molar-refractivity contribution < 1.29 is 27.8 Å². The van der Waals surface area contributed by atoms with Crippen LogP contribution < -0.4 is 0 Å². The van der Waals surface area contributed by atoms with Crippen LogP contribution in [-0.2, 0) is 14.8 Å². The molecule has 6 nitrogen and oxygen atoms in total. The van der Waals surface area contributed by atoms with Crippen molar-refractivity contribution in [1.82, 2.24) is 4.31 Å². The SMILES string of the molecule is O=C(O)[C@H]1C[C@@H](O)CN1S(=O)(=O)c1ccc(Cl)c(F)c1Cl. The highest BCUT2D eigenvalue weighted by molar-refractivity contribution is 7.89. The highest BCUT2D eigenvalue weighted by Crippen LogP contribution is 2.34. The molecule has 0 spiro atoms. The van der Waals surface area contributed by atoms with E-state index in [1.54, 1.807) is 0 Å². The molecule has 1 aliphatic heterocycles. The highest BCUT2D eigenvalue weighted by Gasteiger charge is 2.44. The summed E-state index contributed by atoms with van der Waals surface area (Å²) in [6.45, 7) is -0.403. The van der Waals surface area contributed by atoms with E-state index < -0.39 is 50.4 Å². The lowest BCUT2D eigenvalue weighted by Gasteiger charge is -2.21. The van der Waals surface area contributed by atoms with Crippen molar-refractivity contribution in [2.45, 2.75) is 23.5 Å². The molecule has 116 valence electrons. The lowest BCUT2D eigenvalue weighted by molar-refractivity contribution is -0.140. The van der Waals surface area contributed by atoms with E-state index in [0.29, 0.717) is 4.31 Å². The molecule has 1 heterocycles. The molecule has 1 fully saturated rings. The summed E-state index contributed by atoms with van der Waals surface area (Å²) in [5.41, 5.74) is 0. The van der Waals surface area contributed by atoms with Crippen LogP contribution in [0.5, 0.6) is 0 Å². The van der Waals surface area contributed by atoms with E-state index in [-0.39, 0.29) is 11.4 Å². The van der Waals surface area contributed by atoms with Gasteiger partial charge >= 0.3 is 5.97 Å². The van der Waals surface area contributed by atoms with Gasteiger partial charge in [-0.05, 0) is 12.1 Å². The topological polar surface area (TPSA) is 94.9 Å². The number of rotatable bonds is 3. The molecule has 2 rings (SSSR count). The summed E-state index contributed by atoms with van der Waals surface area (Å²) in [7, 11) is -4.37. The van der Waals surface area contributed by atoms with Gasteiger partial charge in [-0.2, -0.15) is 4.31 Å². The number of carboxylic acid groups (broad SMARTS) is 1. The lowest BCUT2D eigenvalue weighted by atomic mass is 10.2. The second-order valence-electron chi connectivity index (χ2n) is 4.49. The van der Waals surface area contributed by atoms with Gasteiger partial charge in [0.1, 0.15) is 10.9 Å². The first-order valence-electron chi connectivity index (χ1n) is 5.72. The van der Waals surface area contributed by atoms with E-state index in [0.717, 1.165) is 12.1 Å². The molecule has 0 unspecified atom stereocenters. The van der Waals surface area contributed by atoms with Crippen LogP contribution >= 0.6 is 23.2 Å².